The molecule has 0 aliphatic carbocycles. The van der Waals surface area contributed by atoms with E-state index in [1.54, 1.807) is 41.8 Å². The van der Waals surface area contributed by atoms with E-state index in [-0.39, 0.29) is 36.2 Å². The van der Waals surface area contributed by atoms with Gasteiger partial charge in [-0.3, -0.25) is 19.2 Å². The molecule has 1 fully saturated rings. The molecule has 0 bridgehead atoms. The van der Waals surface area contributed by atoms with Crippen molar-refractivity contribution in [1.82, 2.24) is 24.9 Å². The molecular formula is C24H43N5O4. The van der Waals surface area contributed by atoms with Crippen LogP contribution in [0.25, 0.3) is 0 Å². The zero-order valence-electron chi connectivity index (χ0n) is 21.5. The van der Waals surface area contributed by atoms with Crippen molar-refractivity contribution in [2.24, 2.45) is 5.92 Å². The van der Waals surface area contributed by atoms with Crippen molar-refractivity contribution in [3.05, 3.63) is 11.6 Å². The molecule has 1 heterocycles. The van der Waals surface area contributed by atoms with Crippen LogP contribution in [0.5, 0.6) is 0 Å². The summed E-state index contributed by atoms with van der Waals surface area (Å²) in [5.74, 6) is -0.351. The van der Waals surface area contributed by atoms with Gasteiger partial charge in [0, 0.05) is 39.3 Å². The van der Waals surface area contributed by atoms with Crippen LogP contribution in [-0.2, 0) is 19.2 Å². The molecule has 0 unspecified atom stereocenters. The molecule has 9 heteroatoms. The first kappa shape index (κ1) is 28.6. The maximum Gasteiger partial charge on any atom is 0.249 e. The molecule has 9 nitrogen and oxygen atoms in total. The minimum absolute atomic E-state index is 0.0200. The third-order valence-corrected chi connectivity index (χ3v) is 6.44. The van der Waals surface area contributed by atoms with Gasteiger partial charge in [0.2, 0.25) is 24.1 Å². The smallest absolute Gasteiger partial charge is 0.249 e. The summed E-state index contributed by atoms with van der Waals surface area (Å²) >= 11 is 0. The minimum atomic E-state index is -0.448. The Morgan fingerprint density at radius 1 is 1.12 bits per heavy atom. The van der Waals surface area contributed by atoms with Crippen LogP contribution in [0.4, 0.5) is 0 Å². The van der Waals surface area contributed by atoms with E-state index in [0.717, 1.165) is 26.1 Å². The Balaban J connectivity index is 2.92. The van der Waals surface area contributed by atoms with Gasteiger partial charge in [-0.25, -0.2) is 0 Å². The Labute approximate surface area is 199 Å². The number of amides is 4. The average molecular weight is 466 g/mol. The van der Waals surface area contributed by atoms with Crippen LogP contribution in [0.2, 0.25) is 0 Å². The summed E-state index contributed by atoms with van der Waals surface area (Å²) in [5, 5.41) is 2.38. The molecule has 4 amide bonds. The first-order valence-electron chi connectivity index (χ1n) is 12.0. The first-order valence-corrected chi connectivity index (χ1v) is 12.0. The second-order valence-electron chi connectivity index (χ2n) is 9.03. The predicted molar refractivity (Wildman–Crippen MR) is 129 cm³/mol. The third-order valence-electron chi connectivity index (χ3n) is 6.44. The molecule has 0 aromatic rings. The summed E-state index contributed by atoms with van der Waals surface area (Å²) < 4.78 is 0. The van der Waals surface area contributed by atoms with Crippen molar-refractivity contribution < 1.29 is 19.2 Å². The van der Waals surface area contributed by atoms with Gasteiger partial charge < -0.3 is 24.9 Å². The van der Waals surface area contributed by atoms with Crippen LogP contribution in [0.3, 0.4) is 0 Å². The highest BCUT2D eigenvalue weighted by Crippen LogP contribution is 2.22. The van der Waals surface area contributed by atoms with E-state index >= 15 is 0 Å². The van der Waals surface area contributed by atoms with E-state index < -0.39 is 6.04 Å². The van der Waals surface area contributed by atoms with Gasteiger partial charge in [0.05, 0.1) is 12.6 Å². The summed E-state index contributed by atoms with van der Waals surface area (Å²) in [4.78, 5) is 56.5. The summed E-state index contributed by atoms with van der Waals surface area (Å²) in [6.45, 7) is 13.7. The number of nitrogens with one attached hydrogen (secondary N) is 1. The molecule has 0 aromatic heterocycles. The fourth-order valence-electron chi connectivity index (χ4n) is 4.19. The molecule has 2 atom stereocenters. The molecule has 0 aromatic carbocycles. The lowest BCUT2D eigenvalue weighted by Crippen LogP contribution is -2.48. The topological polar surface area (TPSA) is 93.3 Å². The Morgan fingerprint density at radius 2 is 1.76 bits per heavy atom. The molecular weight excluding hydrogens is 422 g/mol. The van der Waals surface area contributed by atoms with Crippen LogP contribution >= 0.6 is 0 Å². The maximum absolute atomic E-state index is 13.3. The van der Waals surface area contributed by atoms with E-state index in [4.69, 9.17) is 0 Å². The predicted octanol–water partition coefficient (Wildman–Crippen LogP) is 0.953. The van der Waals surface area contributed by atoms with Gasteiger partial charge in [-0.05, 0) is 38.8 Å². The van der Waals surface area contributed by atoms with E-state index in [1.807, 2.05) is 13.8 Å². The average Bonchev–Trinajstić information content (AvgIpc) is 3.29. The van der Waals surface area contributed by atoms with Crippen molar-refractivity contribution >= 4 is 24.1 Å². The van der Waals surface area contributed by atoms with Crippen LogP contribution in [0.15, 0.2) is 11.6 Å². The SMILES string of the molecule is CCN(CC)CCN(C)C(=O)[C@@H]1CCCN1C(=O)/C(C)=C/[C@H](C(C)C)N(C)C(=O)CNC=O. The van der Waals surface area contributed by atoms with Crippen molar-refractivity contribution in [2.45, 2.75) is 59.5 Å². The first-order chi connectivity index (χ1) is 15.6. The second-order valence-corrected chi connectivity index (χ2v) is 9.03. The molecule has 1 N–H and O–H groups in total. The van der Waals surface area contributed by atoms with Crippen molar-refractivity contribution in [1.29, 1.82) is 0 Å². The monoisotopic (exact) mass is 465 g/mol. The lowest BCUT2D eigenvalue weighted by atomic mass is 9.99. The summed E-state index contributed by atoms with van der Waals surface area (Å²) in [6.07, 6.45) is 3.75. The highest BCUT2D eigenvalue weighted by atomic mass is 16.2. The van der Waals surface area contributed by atoms with Gasteiger partial charge >= 0.3 is 0 Å². The minimum Gasteiger partial charge on any atom is -0.350 e. The van der Waals surface area contributed by atoms with Crippen LogP contribution in [0, 0.1) is 5.92 Å². The number of hydrogen-bond acceptors (Lipinski definition) is 5. The summed E-state index contributed by atoms with van der Waals surface area (Å²) in [5.41, 5.74) is 0.516. The number of carbonyl (C=O) groups is 4. The molecule has 188 valence electrons. The van der Waals surface area contributed by atoms with E-state index in [9.17, 15) is 19.2 Å². The number of rotatable bonds is 13. The molecule has 1 rings (SSSR count). The molecule has 0 radical (unpaired) electrons. The lowest BCUT2D eigenvalue weighted by Gasteiger charge is -2.31. The zero-order chi connectivity index (χ0) is 25.1. The number of carbonyl (C=O) groups excluding carboxylic acids is 4. The molecule has 33 heavy (non-hydrogen) atoms. The zero-order valence-corrected chi connectivity index (χ0v) is 21.5. The van der Waals surface area contributed by atoms with Gasteiger partial charge in [-0.2, -0.15) is 0 Å². The third kappa shape index (κ3) is 8.14. The van der Waals surface area contributed by atoms with Gasteiger partial charge in [0.15, 0.2) is 0 Å². The van der Waals surface area contributed by atoms with E-state index in [1.165, 1.54) is 0 Å². The highest BCUT2D eigenvalue weighted by Gasteiger charge is 2.36. The molecule has 0 saturated carbocycles. The standard InChI is InChI=1S/C24H43N5O4/c1-8-28(9-2)14-13-26(6)24(33)20-11-10-12-29(20)23(32)19(5)15-21(18(3)4)27(7)22(31)16-25-17-30/h15,17-18,20-21H,8-14,16H2,1-7H3,(H,25,30)/b19-15+/t20-,21+/m0/s1. The normalized spacial score (nSPS) is 17.3. The van der Waals surface area contributed by atoms with Crippen LogP contribution < -0.4 is 5.32 Å². The number of nitrogens with zero attached hydrogens (tertiary/aromatic N) is 4. The number of likely N-dealkylation sites (N-methyl/N-ethyl adjacent to an activating group) is 3. The summed E-state index contributed by atoms with van der Waals surface area (Å²) in [7, 11) is 3.47. The van der Waals surface area contributed by atoms with Gasteiger partial charge in [-0.1, -0.05) is 33.8 Å². The largest absolute Gasteiger partial charge is 0.350 e. The fraction of sp³-hybridized carbons (Fsp3) is 0.750. The van der Waals surface area contributed by atoms with E-state index in [0.29, 0.717) is 31.5 Å². The van der Waals surface area contributed by atoms with Gasteiger partial charge in [0.25, 0.3) is 0 Å². The second kappa shape index (κ2) is 14.0. The lowest BCUT2D eigenvalue weighted by molar-refractivity contribution is -0.141. The molecule has 1 aliphatic rings. The number of hydrogen-bond donors (Lipinski definition) is 1. The van der Waals surface area contributed by atoms with Crippen LogP contribution in [-0.4, -0.2) is 109 Å². The fourth-order valence-corrected chi connectivity index (χ4v) is 4.19. The highest BCUT2D eigenvalue weighted by molar-refractivity contribution is 5.97. The van der Waals surface area contributed by atoms with E-state index in [2.05, 4.69) is 24.1 Å². The Morgan fingerprint density at radius 3 is 2.30 bits per heavy atom. The molecule has 1 aliphatic heterocycles. The summed E-state index contributed by atoms with van der Waals surface area (Å²) in [6, 6.07) is -0.750. The Kier molecular flexibility index (Phi) is 12.1. The van der Waals surface area contributed by atoms with Gasteiger partial charge in [0.1, 0.15) is 6.04 Å². The molecule has 0 spiro atoms. The Bertz CT molecular complexity index is 705. The van der Waals surface area contributed by atoms with Crippen molar-refractivity contribution in [3.63, 3.8) is 0 Å². The van der Waals surface area contributed by atoms with Crippen molar-refractivity contribution in [2.75, 3.05) is 53.4 Å². The molecule has 1 saturated heterocycles. The van der Waals surface area contributed by atoms with Gasteiger partial charge in [-0.15, -0.1) is 0 Å². The Hall–Kier alpha value is -2.42. The maximum atomic E-state index is 13.3. The van der Waals surface area contributed by atoms with Crippen molar-refractivity contribution in [3.8, 4) is 0 Å². The van der Waals surface area contributed by atoms with Crippen LogP contribution in [0.1, 0.15) is 47.5 Å². The number of likely N-dealkylation sites (tertiary alicyclic amines) is 1. The quantitative estimate of drug-likeness (QED) is 0.323.